The van der Waals surface area contributed by atoms with E-state index in [2.05, 4.69) is 25.2 Å². The Morgan fingerprint density at radius 3 is 2.67 bits per heavy atom. The van der Waals surface area contributed by atoms with E-state index in [0.29, 0.717) is 5.25 Å². The second-order valence-corrected chi connectivity index (χ2v) is 5.77. The summed E-state index contributed by atoms with van der Waals surface area (Å²) in [5.41, 5.74) is 8.54. The molecule has 1 aromatic rings. The maximum atomic E-state index is 11.3. The van der Waals surface area contributed by atoms with Crippen LogP contribution in [0.1, 0.15) is 25.0 Å². The number of anilines is 1. The Morgan fingerprint density at radius 2 is 2.11 bits per heavy atom. The van der Waals surface area contributed by atoms with Gasteiger partial charge in [0.2, 0.25) is 5.91 Å². The van der Waals surface area contributed by atoms with Gasteiger partial charge in [0.15, 0.2) is 0 Å². The van der Waals surface area contributed by atoms with Crippen LogP contribution >= 0.6 is 24.2 Å². The van der Waals surface area contributed by atoms with Gasteiger partial charge in [-0.05, 0) is 29.4 Å². The number of hydrogen-bond acceptors (Lipinski definition) is 3. The van der Waals surface area contributed by atoms with E-state index in [-0.39, 0.29) is 24.9 Å². The molecule has 0 heterocycles. The minimum absolute atomic E-state index is 0. The minimum atomic E-state index is -0.151. The molecule has 0 aliphatic heterocycles. The maximum absolute atomic E-state index is 11.3. The van der Waals surface area contributed by atoms with Crippen LogP contribution < -0.4 is 11.1 Å². The Kier molecular flexibility index (Phi) is 8.07. The lowest BCUT2D eigenvalue weighted by atomic mass is 10.1. The number of halogens is 1. The fourth-order valence-electron chi connectivity index (χ4n) is 1.43. The van der Waals surface area contributed by atoms with Gasteiger partial charge in [0.1, 0.15) is 0 Å². The van der Waals surface area contributed by atoms with Crippen molar-refractivity contribution in [2.45, 2.75) is 31.8 Å². The van der Waals surface area contributed by atoms with Crippen LogP contribution in [-0.2, 0) is 10.5 Å². The van der Waals surface area contributed by atoms with Crippen LogP contribution in [0.15, 0.2) is 18.2 Å². The Labute approximate surface area is 119 Å². The Bertz CT molecular complexity index is 397. The SMILES string of the molecule is Cc1c(CSC(C)C)cccc1NC(=O)CN.Cl. The van der Waals surface area contributed by atoms with Crippen LogP contribution in [0.3, 0.4) is 0 Å². The lowest BCUT2D eigenvalue weighted by molar-refractivity contribution is -0.114. The molecule has 3 N–H and O–H groups in total. The molecule has 0 saturated carbocycles. The molecule has 1 amide bonds. The van der Waals surface area contributed by atoms with Gasteiger partial charge < -0.3 is 11.1 Å². The molecule has 1 rings (SSSR count). The van der Waals surface area contributed by atoms with Crippen molar-refractivity contribution in [3.05, 3.63) is 29.3 Å². The highest BCUT2D eigenvalue weighted by atomic mass is 35.5. The van der Waals surface area contributed by atoms with E-state index in [1.165, 1.54) is 5.56 Å². The minimum Gasteiger partial charge on any atom is -0.325 e. The summed E-state index contributed by atoms with van der Waals surface area (Å²) in [4.78, 5) is 11.3. The first kappa shape index (κ1) is 17.3. The number of nitrogens with two attached hydrogens (primary N) is 1. The number of carbonyl (C=O) groups is 1. The van der Waals surface area contributed by atoms with Crippen molar-refractivity contribution >= 4 is 35.8 Å². The standard InChI is InChI=1S/C13H20N2OS.ClH/c1-9(2)17-8-11-5-4-6-12(10(11)3)15-13(16)7-14;/h4-6,9H,7-8,14H2,1-3H3,(H,15,16);1H. The van der Waals surface area contributed by atoms with Crippen molar-refractivity contribution in [3.8, 4) is 0 Å². The summed E-state index contributed by atoms with van der Waals surface area (Å²) in [6.45, 7) is 6.41. The molecule has 0 bridgehead atoms. The number of hydrogen-bond donors (Lipinski definition) is 2. The second-order valence-electron chi connectivity index (χ2n) is 4.20. The van der Waals surface area contributed by atoms with Gasteiger partial charge in [0.05, 0.1) is 6.54 Å². The smallest absolute Gasteiger partial charge is 0.238 e. The van der Waals surface area contributed by atoms with E-state index < -0.39 is 0 Å². The second kappa shape index (κ2) is 8.40. The number of rotatable bonds is 5. The predicted molar refractivity (Wildman–Crippen MR) is 82.5 cm³/mol. The first-order chi connectivity index (χ1) is 8.04. The Morgan fingerprint density at radius 1 is 1.44 bits per heavy atom. The van der Waals surface area contributed by atoms with Crippen LogP contribution in [0.5, 0.6) is 0 Å². The largest absolute Gasteiger partial charge is 0.325 e. The molecular weight excluding hydrogens is 268 g/mol. The van der Waals surface area contributed by atoms with Gasteiger partial charge in [0, 0.05) is 11.4 Å². The van der Waals surface area contributed by atoms with Gasteiger partial charge in [-0.3, -0.25) is 4.79 Å². The summed E-state index contributed by atoms with van der Waals surface area (Å²) in [6.07, 6.45) is 0. The number of amides is 1. The quantitative estimate of drug-likeness (QED) is 0.876. The van der Waals surface area contributed by atoms with Crippen molar-refractivity contribution in [1.82, 2.24) is 0 Å². The Balaban J connectivity index is 0.00000289. The van der Waals surface area contributed by atoms with E-state index in [4.69, 9.17) is 5.73 Å². The topological polar surface area (TPSA) is 55.1 Å². The zero-order valence-corrected chi connectivity index (χ0v) is 12.7. The van der Waals surface area contributed by atoms with Crippen molar-refractivity contribution in [1.29, 1.82) is 0 Å². The lowest BCUT2D eigenvalue weighted by Crippen LogP contribution is -2.22. The predicted octanol–water partition coefficient (Wildman–Crippen LogP) is 2.96. The fraction of sp³-hybridized carbons (Fsp3) is 0.462. The first-order valence-corrected chi connectivity index (χ1v) is 6.79. The van der Waals surface area contributed by atoms with E-state index in [1.807, 2.05) is 30.8 Å². The normalized spacial score (nSPS) is 10.1. The summed E-state index contributed by atoms with van der Waals surface area (Å²) < 4.78 is 0. The number of nitrogens with one attached hydrogen (secondary N) is 1. The van der Waals surface area contributed by atoms with Crippen LogP contribution in [0.25, 0.3) is 0 Å². The lowest BCUT2D eigenvalue weighted by Gasteiger charge is -2.12. The van der Waals surface area contributed by atoms with E-state index in [1.54, 1.807) is 0 Å². The zero-order chi connectivity index (χ0) is 12.8. The fourth-order valence-corrected chi connectivity index (χ4v) is 2.26. The van der Waals surface area contributed by atoms with Crippen molar-refractivity contribution < 1.29 is 4.79 Å². The van der Waals surface area contributed by atoms with Crippen molar-refractivity contribution in [2.24, 2.45) is 5.73 Å². The van der Waals surface area contributed by atoms with E-state index >= 15 is 0 Å². The van der Waals surface area contributed by atoms with Gasteiger partial charge in [0.25, 0.3) is 0 Å². The Hall–Kier alpha value is -0.710. The third-order valence-electron chi connectivity index (χ3n) is 2.48. The number of carbonyl (C=O) groups excluding carboxylic acids is 1. The van der Waals surface area contributed by atoms with Gasteiger partial charge >= 0.3 is 0 Å². The van der Waals surface area contributed by atoms with Gasteiger partial charge in [-0.2, -0.15) is 11.8 Å². The number of benzene rings is 1. The highest BCUT2D eigenvalue weighted by molar-refractivity contribution is 7.99. The molecule has 0 unspecified atom stereocenters. The highest BCUT2D eigenvalue weighted by Gasteiger charge is 2.07. The molecule has 0 aromatic heterocycles. The molecule has 0 atom stereocenters. The van der Waals surface area contributed by atoms with Crippen LogP contribution in [0.4, 0.5) is 5.69 Å². The molecule has 0 aliphatic rings. The zero-order valence-electron chi connectivity index (χ0n) is 11.0. The van der Waals surface area contributed by atoms with Crippen LogP contribution in [-0.4, -0.2) is 17.7 Å². The van der Waals surface area contributed by atoms with Crippen LogP contribution in [0, 0.1) is 6.92 Å². The third kappa shape index (κ3) is 5.29. The van der Waals surface area contributed by atoms with Crippen molar-refractivity contribution in [2.75, 3.05) is 11.9 Å². The van der Waals surface area contributed by atoms with Gasteiger partial charge in [-0.25, -0.2) is 0 Å². The maximum Gasteiger partial charge on any atom is 0.238 e. The molecule has 5 heteroatoms. The van der Waals surface area contributed by atoms with Crippen molar-refractivity contribution in [3.63, 3.8) is 0 Å². The monoisotopic (exact) mass is 288 g/mol. The molecule has 102 valence electrons. The average molecular weight is 289 g/mol. The van der Waals surface area contributed by atoms with Gasteiger partial charge in [-0.1, -0.05) is 26.0 Å². The molecule has 18 heavy (non-hydrogen) atoms. The highest BCUT2D eigenvalue weighted by Crippen LogP contribution is 2.24. The summed E-state index contributed by atoms with van der Waals surface area (Å²) in [5.74, 6) is 0.817. The molecule has 1 aromatic carbocycles. The summed E-state index contributed by atoms with van der Waals surface area (Å²) in [6, 6.07) is 5.98. The third-order valence-corrected chi connectivity index (χ3v) is 3.62. The molecule has 0 fully saturated rings. The van der Waals surface area contributed by atoms with E-state index in [9.17, 15) is 4.79 Å². The van der Waals surface area contributed by atoms with Gasteiger partial charge in [-0.15, -0.1) is 12.4 Å². The first-order valence-electron chi connectivity index (χ1n) is 5.74. The molecule has 0 saturated heterocycles. The van der Waals surface area contributed by atoms with E-state index in [0.717, 1.165) is 17.0 Å². The number of thioether (sulfide) groups is 1. The molecular formula is C13H21ClN2OS. The summed E-state index contributed by atoms with van der Waals surface area (Å²) in [5, 5.41) is 3.42. The summed E-state index contributed by atoms with van der Waals surface area (Å²) >= 11 is 1.89. The molecule has 0 radical (unpaired) electrons. The summed E-state index contributed by atoms with van der Waals surface area (Å²) in [7, 11) is 0. The molecule has 0 aliphatic carbocycles. The molecule has 3 nitrogen and oxygen atoms in total. The molecule has 0 spiro atoms. The average Bonchev–Trinajstić information content (AvgIpc) is 2.30. The van der Waals surface area contributed by atoms with Crippen LogP contribution in [0.2, 0.25) is 0 Å².